The van der Waals surface area contributed by atoms with Crippen molar-refractivity contribution >= 4 is 17.8 Å². The molecule has 1 aromatic rings. The Morgan fingerprint density at radius 1 is 1.29 bits per heavy atom. The molecule has 6 nitrogen and oxygen atoms in total. The number of hydrogen-bond acceptors (Lipinski definition) is 4. The standard InChI is InChI=1S/C16H17F2NO5/c1-2-24-14(21)7-13(20)12-6-9(8-19(12)16(22)23)15-10(17)4-3-5-11(15)18/h3-5,9,12H,2,6-8H2,1H3,(H,22,23)/t9-,12?/m0/s1. The number of halogens is 2. The van der Waals surface area contributed by atoms with E-state index in [4.69, 9.17) is 0 Å². The van der Waals surface area contributed by atoms with Gasteiger partial charge in [-0.1, -0.05) is 6.07 Å². The summed E-state index contributed by atoms with van der Waals surface area (Å²) in [5.41, 5.74) is -0.241. The summed E-state index contributed by atoms with van der Waals surface area (Å²) in [5.74, 6) is -3.77. The second-order valence-electron chi connectivity index (χ2n) is 5.47. The van der Waals surface area contributed by atoms with Crippen LogP contribution in [0, 0.1) is 11.6 Å². The summed E-state index contributed by atoms with van der Waals surface area (Å²) in [6.45, 7) is 1.47. The van der Waals surface area contributed by atoms with Crippen molar-refractivity contribution in [2.24, 2.45) is 0 Å². The van der Waals surface area contributed by atoms with Crippen LogP contribution in [-0.4, -0.2) is 47.0 Å². The van der Waals surface area contributed by atoms with Gasteiger partial charge in [0.05, 0.1) is 12.6 Å². The van der Waals surface area contributed by atoms with Crippen molar-refractivity contribution in [2.75, 3.05) is 13.2 Å². The molecule has 2 rings (SSSR count). The van der Waals surface area contributed by atoms with Crippen LogP contribution in [0.4, 0.5) is 13.6 Å². The lowest BCUT2D eigenvalue weighted by Crippen LogP contribution is -2.40. The average molecular weight is 341 g/mol. The highest BCUT2D eigenvalue weighted by Gasteiger charge is 2.42. The number of rotatable bonds is 5. The van der Waals surface area contributed by atoms with Gasteiger partial charge in [-0.3, -0.25) is 14.5 Å². The Morgan fingerprint density at radius 3 is 2.46 bits per heavy atom. The van der Waals surface area contributed by atoms with Crippen molar-refractivity contribution in [3.8, 4) is 0 Å². The maximum atomic E-state index is 13.9. The third kappa shape index (κ3) is 3.69. The molecular formula is C16H17F2NO5. The van der Waals surface area contributed by atoms with Gasteiger partial charge in [0, 0.05) is 18.0 Å². The SMILES string of the molecule is CCOC(=O)CC(=O)C1C[C@H](c2c(F)cccc2F)CN1C(=O)O. The molecule has 0 aromatic heterocycles. The van der Waals surface area contributed by atoms with Gasteiger partial charge in [0.25, 0.3) is 0 Å². The summed E-state index contributed by atoms with van der Waals surface area (Å²) in [5, 5.41) is 9.24. The van der Waals surface area contributed by atoms with Crippen molar-refractivity contribution in [1.29, 1.82) is 0 Å². The summed E-state index contributed by atoms with van der Waals surface area (Å²) in [6, 6.07) is 2.24. The molecule has 1 aliphatic rings. The van der Waals surface area contributed by atoms with Crippen molar-refractivity contribution in [2.45, 2.75) is 31.7 Å². The maximum Gasteiger partial charge on any atom is 0.407 e. The summed E-state index contributed by atoms with van der Waals surface area (Å²) in [7, 11) is 0. The first-order valence-electron chi connectivity index (χ1n) is 7.47. The smallest absolute Gasteiger partial charge is 0.407 e. The first-order valence-corrected chi connectivity index (χ1v) is 7.47. The second-order valence-corrected chi connectivity index (χ2v) is 5.47. The highest BCUT2D eigenvalue weighted by molar-refractivity contribution is 5.99. The Morgan fingerprint density at radius 2 is 1.92 bits per heavy atom. The fourth-order valence-corrected chi connectivity index (χ4v) is 2.93. The highest BCUT2D eigenvalue weighted by Crippen LogP contribution is 2.35. The molecule has 130 valence electrons. The summed E-state index contributed by atoms with van der Waals surface area (Å²) in [6.07, 6.45) is -2.03. The highest BCUT2D eigenvalue weighted by atomic mass is 19.1. The van der Waals surface area contributed by atoms with Crippen LogP contribution in [0.3, 0.4) is 0 Å². The molecule has 8 heteroatoms. The molecule has 1 aliphatic heterocycles. The number of carboxylic acid groups (broad SMARTS) is 1. The quantitative estimate of drug-likeness (QED) is 0.656. The van der Waals surface area contributed by atoms with E-state index in [1.165, 1.54) is 6.07 Å². The molecule has 0 aliphatic carbocycles. The van der Waals surface area contributed by atoms with Crippen molar-refractivity contribution in [3.05, 3.63) is 35.4 Å². The lowest BCUT2D eigenvalue weighted by Gasteiger charge is -2.19. The van der Waals surface area contributed by atoms with Gasteiger partial charge in [-0.15, -0.1) is 0 Å². The van der Waals surface area contributed by atoms with Crippen molar-refractivity contribution in [3.63, 3.8) is 0 Å². The lowest BCUT2D eigenvalue weighted by atomic mass is 9.93. The van der Waals surface area contributed by atoms with E-state index < -0.39 is 47.9 Å². The molecule has 0 spiro atoms. The molecule has 1 heterocycles. The minimum atomic E-state index is -1.38. The molecule has 1 unspecified atom stereocenters. The van der Waals surface area contributed by atoms with Gasteiger partial charge in [-0.05, 0) is 25.5 Å². The zero-order chi connectivity index (χ0) is 17.9. The number of amides is 1. The fourth-order valence-electron chi connectivity index (χ4n) is 2.93. The first kappa shape index (κ1) is 17.8. The van der Waals surface area contributed by atoms with E-state index in [0.29, 0.717) is 0 Å². The molecule has 0 radical (unpaired) electrons. The summed E-state index contributed by atoms with van der Waals surface area (Å²) < 4.78 is 32.5. The first-order chi connectivity index (χ1) is 11.3. The number of ketones is 1. The third-order valence-corrected chi connectivity index (χ3v) is 3.95. The van der Waals surface area contributed by atoms with Crippen LogP contribution in [0.25, 0.3) is 0 Å². The summed E-state index contributed by atoms with van der Waals surface area (Å²) in [4.78, 5) is 35.8. The van der Waals surface area contributed by atoms with Gasteiger partial charge >= 0.3 is 12.1 Å². The summed E-state index contributed by atoms with van der Waals surface area (Å²) >= 11 is 0. The number of carbonyl (C=O) groups is 3. The van der Waals surface area contributed by atoms with E-state index in [0.717, 1.165) is 17.0 Å². The molecular weight excluding hydrogens is 324 g/mol. The molecule has 24 heavy (non-hydrogen) atoms. The minimum Gasteiger partial charge on any atom is -0.466 e. The Bertz CT molecular complexity index is 644. The molecule has 1 N–H and O–H groups in total. The Balaban J connectivity index is 2.21. The number of Topliss-reactive ketones (excluding diaryl/α,β-unsaturated/α-hetero) is 1. The Hall–Kier alpha value is -2.51. The predicted molar refractivity (Wildman–Crippen MR) is 78.5 cm³/mol. The number of esters is 1. The fraction of sp³-hybridized carbons (Fsp3) is 0.438. The normalized spacial score (nSPS) is 20.0. The van der Waals surface area contributed by atoms with Gasteiger partial charge in [-0.2, -0.15) is 0 Å². The molecule has 2 atom stereocenters. The Labute approximate surface area is 137 Å². The monoisotopic (exact) mass is 341 g/mol. The van der Waals surface area contributed by atoms with E-state index in [1.54, 1.807) is 6.92 Å². The van der Waals surface area contributed by atoms with Gasteiger partial charge < -0.3 is 9.84 Å². The van der Waals surface area contributed by atoms with Crippen LogP contribution >= 0.6 is 0 Å². The van der Waals surface area contributed by atoms with Crippen LogP contribution in [0.5, 0.6) is 0 Å². The molecule has 1 amide bonds. The van der Waals surface area contributed by atoms with Crippen LogP contribution in [0.2, 0.25) is 0 Å². The number of nitrogens with zero attached hydrogens (tertiary/aromatic N) is 1. The molecule has 0 bridgehead atoms. The van der Waals surface area contributed by atoms with Crippen LogP contribution in [-0.2, 0) is 14.3 Å². The van der Waals surface area contributed by atoms with Crippen molar-refractivity contribution < 1.29 is 33.0 Å². The predicted octanol–water partition coefficient (Wildman–Crippen LogP) is 2.32. The van der Waals surface area contributed by atoms with Crippen LogP contribution in [0.1, 0.15) is 31.2 Å². The number of benzene rings is 1. The van der Waals surface area contributed by atoms with Gasteiger partial charge in [0.1, 0.15) is 18.1 Å². The molecule has 0 saturated carbocycles. The zero-order valence-electron chi connectivity index (χ0n) is 13.0. The van der Waals surface area contributed by atoms with E-state index in [-0.39, 0.29) is 25.1 Å². The second kappa shape index (κ2) is 7.37. The number of likely N-dealkylation sites (tertiary alicyclic amines) is 1. The number of ether oxygens (including phenoxy) is 1. The van der Waals surface area contributed by atoms with Crippen LogP contribution < -0.4 is 0 Å². The molecule has 1 saturated heterocycles. The zero-order valence-corrected chi connectivity index (χ0v) is 13.0. The third-order valence-electron chi connectivity index (χ3n) is 3.95. The Kier molecular flexibility index (Phi) is 5.48. The van der Waals surface area contributed by atoms with E-state index in [9.17, 15) is 28.3 Å². The van der Waals surface area contributed by atoms with Crippen LogP contribution in [0.15, 0.2) is 18.2 Å². The largest absolute Gasteiger partial charge is 0.466 e. The van der Waals surface area contributed by atoms with Gasteiger partial charge in [-0.25, -0.2) is 13.6 Å². The maximum absolute atomic E-state index is 13.9. The van der Waals surface area contributed by atoms with Gasteiger partial charge in [0.2, 0.25) is 0 Å². The van der Waals surface area contributed by atoms with E-state index in [2.05, 4.69) is 4.74 Å². The van der Waals surface area contributed by atoms with E-state index >= 15 is 0 Å². The topological polar surface area (TPSA) is 83.9 Å². The number of carbonyl (C=O) groups excluding carboxylic acids is 2. The molecule has 1 aromatic carbocycles. The number of hydrogen-bond donors (Lipinski definition) is 1. The molecule has 1 fully saturated rings. The van der Waals surface area contributed by atoms with E-state index in [1.807, 2.05) is 0 Å². The lowest BCUT2D eigenvalue weighted by molar-refractivity contribution is -0.146. The average Bonchev–Trinajstić information content (AvgIpc) is 2.92. The van der Waals surface area contributed by atoms with Crippen molar-refractivity contribution in [1.82, 2.24) is 4.90 Å². The van der Waals surface area contributed by atoms with Gasteiger partial charge in [0.15, 0.2) is 5.78 Å². The minimum absolute atomic E-state index is 0.0810.